The zero-order valence-electron chi connectivity index (χ0n) is 54.7. The zero-order chi connectivity index (χ0) is 68.6. The number of carbonyl (C=O) groups is 1. The molecule has 0 aromatic carbocycles. The van der Waals surface area contributed by atoms with Gasteiger partial charge in [-0.1, -0.05) is 60.1 Å². The Morgan fingerprint density at radius 1 is 0.489 bits per heavy atom. The second-order valence-corrected chi connectivity index (χ2v) is 31.1. The molecule has 94 heavy (non-hydrogen) atoms. The van der Waals surface area contributed by atoms with Gasteiger partial charge >= 0.3 is 5.97 Å². The number of aliphatic hydroxyl groups is 17. The van der Waals surface area contributed by atoms with Crippen molar-refractivity contribution < 1.29 is 148 Å². The van der Waals surface area contributed by atoms with Crippen LogP contribution in [-0.4, -0.2) is 303 Å². The minimum absolute atomic E-state index is 0.00613. The van der Waals surface area contributed by atoms with Gasteiger partial charge in [0.05, 0.1) is 50.8 Å². The Kier molecular flexibility index (Phi) is 21.2. The maximum Gasteiger partial charge on any atom is 0.317 e. The summed E-state index contributed by atoms with van der Waals surface area (Å²) in [7, 11) is 0. The number of allylic oxidation sites excluding steroid dienone is 2. The van der Waals surface area contributed by atoms with Crippen molar-refractivity contribution in [3.8, 4) is 0 Å². The highest BCUT2D eigenvalue weighted by molar-refractivity contribution is 5.80. The molecule has 0 spiro atoms. The fraction of sp³-hybridized carbons (Fsp3) is 0.953. The molecule has 6 saturated heterocycles. The Balaban J connectivity index is 0.811. The van der Waals surface area contributed by atoms with E-state index in [0.717, 1.165) is 5.57 Å². The summed E-state index contributed by atoms with van der Waals surface area (Å²) in [5.41, 5.74) is -2.90. The fourth-order valence-electron chi connectivity index (χ4n) is 18.9. The van der Waals surface area contributed by atoms with Crippen molar-refractivity contribution in [3.63, 3.8) is 0 Å². The first kappa shape index (κ1) is 73.3. The maximum atomic E-state index is 15.5. The molecule has 6 aliphatic heterocycles. The second kappa shape index (κ2) is 27.1. The van der Waals surface area contributed by atoms with E-state index in [1.807, 2.05) is 0 Å². The number of hydrogen-bond donors (Lipinski definition) is 17. The Bertz CT molecular complexity index is 2660. The van der Waals surface area contributed by atoms with E-state index in [1.54, 1.807) is 0 Å². The van der Waals surface area contributed by atoms with Crippen LogP contribution in [0.25, 0.3) is 0 Å². The van der Waals surface area contributed by atoms with Crippen LogP contribution in [0.1, 0.15) is 120 Å². The first-order chi connectivity index (χ1) is 44.0. The van der Waals surface area contributed by atoms with E-state index in [4.69, 9.17) is 56.8 Å². The van der Waals surface area contributed by atoms with Crippen LogP contribution in [0.5, 0.6) is 0 Å². The number of hydrogen-bond acceptors (Lipinski definition) is 30. The van der Waals surface area contributed by atoms with Crippen LogP contribution in [0, 0.1) is 50.2 Å². The largest absolute Gasteiger partial charge is 0.432 e. The molecule has 0 radical (unpaired) electrons. The van der Waals surface area contributed by atoms with E-state index in [9.17, 15) is 86.8 Å². The Morgan fingerprint density at radius 2 is 1.03 bits per heavy atom. The monoisotopic (exact) mass is 1350 g/mol. The van der Waals surface area contributed by atoms with Crippen LogP contribution < -0.4 is 0 Å². The fourth-order valence-corrected chi connectivity index (χ4v) is 18.9. The number of rotatable bonds is 14. The van der Waals surface area contributed by atoms with Crippen LogP contribution in [0.2, 0.25) is 0 Å². The van der Waals surface area contributed by atoms with Crippen molar-refractivity contribution in [1.82, 2.24) is 0 Å². The predicted molar refractivity (Wildman–Crippen MR) is 315 cm³/mol. The average molecular weight is 1350 g/mol. The summed E-state index contributed by atoms with van der Waals surface area (Å²) < 4.78 is 72.4. The minimum atomic E-state index is -1.96. The highest BCUT2D eigenvalue weighted by Gasteiger charge is 2.72. The molecule has 0 aromatic heterocycles. The van der Waals surface area contributed by atoms with Gasteiger partial charge in [-0.25, -0.2) is 0 Å². The van der Waals surface area contributed by atoms with Gasteiger partial charge in [0.2, 0.25) is 6.29 Å². The van der Waals surface area contributed by atoms with E-state index in [1.165, 1.54) is 13.8 Å². The van der Waals surface area contributed by atoms with Crippen molar-refractivity contribution in [3.05, 3.63) is 11.6 Å². The number of esters is 1. The average Bonchev–Trinajstić information content (AvgIpc) is 0.672. The summed E-state index contributed by atoms with van der Waals surface area (Å²) in [6, 6.07) is 0. The third-order valence-electron chi connectivity index (χ3n) is 24.8. The third kappa shape index (κ3) is 12.3. The van der Waals surface area contributed by atoms with Gasteiger partial charge in [0.15, 0.2) is 37.6 Å². The summed E-state index contributed by atoms with van der Waals surface area (Å²) in [5.74, 6) is -1.33. The molecule has 540 valence electrons. The van der Waals surface area contributed by atoms with E-state index in [2.05, 4.69) is 54.5 Å². The molecule has 11 aliphatic rings. The third-order valence-corrected chi connectivity index (χ3v) is 24.8. The molecule has 0 amide bonds. The van der Waals surface area contributed by atoms with Crippen molar-refractivity contribution in [2.75, 3.05) is 26.4 Å². The van der Waals surface area contributed by atoms with Crippen LogP contribution in [0.3, 0.4) is 0 Å². The van der Waals surface area contributed by atoms with E-state index >= 15 is 4.79 Å². The lowest BCUT2D eigenvalue weighted by Crippen LogP contribution is -2.69. The molecule has 30 nitrogen and oxygen atoms in total. The quantitative estimate of drug-likeness (QED) is 0.0447. The molecule has 4 saturated carbocycles. The molecule has 0 bridgehead atoms. The molecule has 17 N–H and O–H groups in total. The van der Waals surface area contributed by atoms with Crippen LogP contribution in [0.4, 0.5) is 0 Å². The standard InChI is InChI=1S/C64H104O30/c1-24-36(70)40(74)44(78)53(85-24)92-50-47(81)56(88-31(21-66)49(50)91-52-43(77)37(71)28(67)22-83-52)89-35-13-14-61(7)32(60(35,5)6)12-15-62(8)33(61)11-10-26-27-18-59(3,4)16-17-64(27,34(69)19-63(26,62)9)58(82)94-57-51(38(72)29(68)23-84-57)93-54-46(80)42(76)48(25(2)86-54)90-55-45(79)41(75)39(73)30(20-65)87-55/h10,24-25,27-57,65-81H,11-23H2,1-9H3/t24-,25-,27+,28-,29-,30+,31+,32-,33+,34+,35-,36-,37-,38+,39+,40+,41+,42+,43-,44-,45+,46-,47-,48+,49+,50+,51-,52-,53-,54-,55-,56-,57+,61-,62+,63+,64-/m1/s1. The zero-order valence-corrected chi connectivity index (χ0v) is 54.7. The van der Waals surface area contributed by atoms with Crippen molar-refractivity contribution in [1.29, 1.82) is 0 Å². The number of fused-ring (bicyclic) bond motifs is 7. The molecular weight excluding hydrogens is 1250 g/mol. The lowest BCUT2D eigenvalue weighted by atomic mass is 9.33. The molecule has 10 fully saturated rings. The maximum absolute atomic E-state index is 15.5. The highest BCUT2D eigenvalue weighted by Crippen LogP contribution is 2.76. The normalized spacial score (nSPS) is 55.0. The topological polar surface area (TPSA) is 472 Å². The predicted octanol–water partition coefficient (Wildman–Crippen LogP) is -4.08. The molecule has 5 aliphatic carbocycles. The molecule has 37 atom stereocenters. The summed E-state index contributed by atoms with van der Waals surface area (Å²) >= 11 is 0. The lowest BCUT2D eigenvalue weighted by molar-refractivity contribution is -0.388. The molecule has 0 unspecified atom stereocenters. The molecule has 30 heteroatoms. The second-order valence-electron chi connectivity index (χ2n) is 31.1. The highest BCUT2D eigenvalue weighted by atomic mass is 16.8. The summed E-state index contributed by atoms with van der Waals surface area (Å²) in [6.07, 6.45) is -40.6. The SMILES string of the molecule is C[C@H]1O[C@H](O[C@H]2[C@@H](O)[C@@H](O[C@@H]3CC[C@]4(C)[C@H](CC[C@@]5(C)[C@H]4CC=C4[C@@H]6CC(C)(C)CC[C@]6(C(=O)O[C@@H]6OC[C@@H](O)[C@H](O)[C@H]6O[C@H]6O[C@H](C)[C@H](O[C@H]7O[C@@H](CO)[C@H](O)[C@H](O)[C@@H]7O)[C@@H](O)[C@H]6O)[C@@H](O)C[C@@]45C)C3(C)C)O[C@@H](CO)[C@@H]2O[C@H]2OC[C@@H](O)[C@@H](O)[C@H]2O)[C@H](O)[C@@H](O)[C@@H]1O. The Morgan fingerprint density at radius 3 is 1.69 bits per heavy atom. The lowest BCUT2D eigenvalue weighted by Gasteiger charge is -2.71. The molecule has 0 aromatic rings. The Hall–Kier alpha value is -1.91. The van der Waals surface area contributed by atoms with Crippen molar-refractivity contribution in [2.24, 2.45) is 50.2 Å². The van der Waals surface area contributed by atoms with Gasteiger partial charge in [-0.3, -0.25) is 4.79 Å². The molecule has 6 heterocycles. The van der Waals surface area contributed by atoms with Crippen LogP contribution in [-0.2, 0) is 61.6 Å². The van der Waals surface area contributed by atoms with Gasteiger partial charge in [-0.15, -0.1) is 0 Å². The number of ether oxygens (including phenoxy) is 12. The molecular formula is C64H104O30. The van der Waals surface area contributed by atoms with Crippen molar-refractivity contribution in [2.45, 2.75) is 304 Å². The van der Waals surface area contributed by atoms with Gasteiger partial charge in [0, 0.05) is 0 Å². The van der Waals surface area contributed by atoms with E-state index in [0.29, 0.717) is 44.9 Å². The smallest absolute Gasteiger partial charge is 0.317 e. The first-order valence-corrected chi connectivity index (χ1v) is 33.5. The number of aliphatic hydroxyl groups excluding tert-OH is 17. The van der Waals surface area contributed by atoms with Crippen LogP contribution >= 0.6 is 0 Å². The van der Waals surface area contributed by atoms with Gasteiger partial charge in [0.25, 0.3) is 0 Å². The van der Waals surface area contributed by atoms with Gasteiger partial charge < -0.3 is 144 Å². The minimum Gasteiger partial charge on any atom is -0.432 e. The van der Waals surface area contributed by atoms with Gasteiger partial charge in [-0.2, -0.15) is 0 Å². The van der Waals surface area contributed by atoms with E-state index in [-0.39, 0.29) is 35.5 Å². The first-order valence-electron chi connectivity index (χ1n) is 33.5. The molecule has 11 rings (SSSR count). The summed E-state index contributed by atoms with van der Waals surface area (Å²) in [5, 5.41) is 187. The summed E-state index contributed by atoms with van der Waals surface area (Å²) in [6.45, 7) is 15.7. The van der Waals surface area contributed by atoms with Crippen molar-refractivity contribution >= 4 is 5.97 Å². The summed E-state index contributed by atoms with van der Waals surface area (Å²) in [4.78, 5) is 15.5. The van der Waals surface area contributed by atoms with E-state index < -0.39 is 244 Å². The van der Waals surface area contributed by atoms with Gasteiger partial charge in [0.1, 0.15) is 121 Å². The van der Waals surface area contributed by atoms with Gasteiger partial charge in [-0.05, 0) is 116 Å². The van der Waals surface area contributed by atoms with Crippen LogP contribution in [0.15, 0.2) is 11.6 Å². The number of carbonyl (C=O) groups excluding carboxylic acids is 1. The Labute approximate surface area is 545 Å².